The molecule has 10 heteroatoms. The molecule has 1 saturated heterocycles. The summed E-state index contributed by atoms with van der Waals surface area (Å²) < 4.78 is 0. The van der Waals surface area contributed by atoms with Crippen LogP contribution >= 0.6 is 0 Å². The molecular weight excluding hydrogens is 406 g/mol. The number of amides is 2. The monoisotopic (exact) mass is 427 g/mol. The van der Waals surface area contributed by atoms with E-state index >= 15 is 0 Å². The molecule has 1 fully saturated rings. The molecule has 32 heavy (non-hydrogen) atoms. The maximum absolute atomic E-state index is 13.2. The minimum Gasteiger partial charge on any atom is -0.337 e. The SMILES string of the molecule is N#Cc1cccc([C@@H]2CC=NN2C(=O)N2CCN(c3nccc(-c4ccn[nH]4)n3)CC2)c1. The highest BCUT2D eigenvalue weighted by Crippen LogP contribution is 2.30. The number of hydrogen-bond donors (Lipinski definition) is 1. The Morgan fingerprint density at radius 2 is 2.00 bits per heavy atom. The van der Waals surface area contributed by atoms with Crippen LogP contribution in [0.4, 0.5) is 10.7 Å². The van der Waals surface area contributed by atoms with Gasteiger partial charge in [-0.2, -0.15) is 15.5 Å². The Morgan fingerprint density at radius 1 is 1.12 bits per heavy atom. The Bertz CT molecular complexity index is 1180. The van der Waals surface area contributed by atoms with Gasteiger partial charge >= 0.3 is 6.03 Å². The number of carbonyl (C=O) groups is 1. The van der Waals surface area contributed by atoms with Crippen molar-refractivity contribution in [3.05, 3.63) is 59.9 Å². The van der Waals surface area contributed by atoms with Crippen molar-refractivity contribution in [3.63, 3.8) is 0 Å². The first-order chi connectivity index (χ1) is 15.7. The summed E-state index contributed by atoms with van der Waals surface area (Å²) in [4.78, 5) is 26.1. The van der Waals surface area contributed by atoms with Crippen LogP contribution in [-0.2, 0) is 0 Å². The van der Waals surface area contributed by atoms with Gasteiger partial charge in [-0.15, -0.1) is 0 Å². The zero-order chi connectivity index (χ0) is 21.9. The first kappa shape index (κ1) is 19.7. The largest absolute Gasteiger partial charge is 0.341 e. The molecule has 1 aromatic carbocycles. The molecule has 0 unspecified atom stereocenters. The van der Waals surface area contributed by atoms with Crippen molar-refractivity contribution in [3.8, 4) is 17.5 Å². The van der Waals surface area contributed by atoms with E-state index in [0.717, 1.165) is 17.0 Å². The first-order valence-electron chi connectivity index (χ1n) is 10.4. The Labute approximate surface area is 184 Å². The number of aromatic amines is 1. The van der Waals surface area contributed by atoms with Crippen molar-refractivity contribution in [2.45, 2.75) is 12.5 Å². The fraction of sp³-hybridized carbons (Fsp3) is 0.273. The molecule has 4 heterocycles. The van der Waals surface area contributed by atoms with Crippen molar-refractivity contribution in [2.24, 2.45) is 5.10 Å². The first-order valence-corrected chi connectivity index (χ1v) is 10.4. The lowest BCUT2D eigenvalue weighted by atomic mass is 10.0. The Balaban J connectivity index is 1.25. The number of urea groups is 1. The second-order valence-corrected chi connectivity index (χ2v) is 7.60. The van der Waals surface area contributed by atoms with E-state index < -0.39 is 0 Å². The molecule has 2 aliphatic rings. The van der Waals surface area contributed by atoms with Crippen molar-refractivity contribution in [2.75, 3.05) is 31.1 Å². The molecule has 0 spiro atoms. The van der Waals surface area contributed by atoms with E-state index in [1.54, 1.807) is 29.6 Å². The van der Waals surface area contributed by atoms with Gasteiger partial charge in [-0.25, -0.2) is 19.8 Å². The normalized spacial score (nSPS) is 18.1. The average molecular weight is 427 g/mol. The lowest BCUT2D eigenvalue weighted by molar-refractivity contribution is 0.139. The molecular formula is C22H21N9O. The quantitative estimate of drug-likeness (QED) is 0.686. The van der Waals surface area contributed by atoms with Crippen LogP contribution in [0.1, 0.15) is 23.6 Å². The molecule has 0 saturated carbocycles. The van der Waals surface area contributed by atoms with Gasteiger partial charge in [0.05, 0.1) is 29.1 Å². The van der Waals surface area contributed by atoms with Gasteiger partial charge < -0.3 is 9.80 Å². The third kappa shape index (κ3) is 3.76. The summed E-state index contributed by atoms with van der Waals surface area (Å²) in [7, 11) is 0. The van der Waals surface area contributed by atoms with E-state index in [9.17, 15) is 10.1 Å². The Hall–Kier alpha value is -4.26. The lowest BCUT2D eigenvalue weighted by Gasteiger charge is -2.37. The van der Waals surface area contributed by atoms with Crippen LogP contribution < -0.4 is 4.90 Å². The number of H-pyrrole nitrogens is 1. The minimum atomic E-state index is -0.191. The number of anilines is 1. The van der Waals surface area contributed by atoms with Gasteiger partial charge in [-0.1, -0.05) is 12.1 Å². The lowest BCUT2D eigenvalue weighted by Crippen LogP contribution is -2.52. The highest BCUT2D eigenvalue weighted by atomic mass is 16.2. The number of nitrogens with one attached hydrogen (secondary N) is 1. The Morgan fingerprint density at radius 3 is 2.78 bits per heavy atom. The van der Waals surface area contributed by atoms with Gasteiger partial charge in [-0.05, 0) is 29.8 Å². The maximum Gasteiger partial charge on any atom is 0.341 e. The summed E-state index contributed by atoms with van der Waals surface area (Å²) in [6.45, 7) is 2.36. The number of benzene rings is 1. The fourth-order valence-electron chi connectivity index (χ4n) is 3.98. The molecule has 1 atom stereocenters. The molecule has 10 nitrogen and oxygen atoms in total. The van der Waals surface area contributed by atoms with Gasteiger partial charge in [0, 0.05) is 51.2 Å². The van der Waals surface area contributed by atoms with Crippen molar-refractivity contribution >= 4 is 18.2 Å². The minimum absolute atomic E-state index is 0.127. The summed E-state index contributed by atoms with van der Waals surface area (Å²) in [5, 5.41) is 21.9. The van der Waals surface area contributed by atoms with Crippen LogP contribution in [-0.4, -0.2) is 68.5 Å². The summed E-state index contributed by atoms with van der Waals surface area (Å²) in [6.07, 6.45) is 5.81. The summed E-state index contributed by atoms with van der Waals surface area (Å²) >= 11 is 0. The van der Waals surface area contributed by atoms with Gasteiger partial charge in [0.2, 0.25) is 5.95 Å². The number of hydrazone groups is 1. The van der Waals surface area contributed by atoms with Gasteiger partial charge in [0.25, 0.3) is 0 Å². The number of piperazine rings is 1. The highest BCUT2D eigenvalue weighted by Gasteiger charge is 2.33. The van der Waals surface area contributed by atoms with Gasteiger partial charge in [0.1, 0.15) is 0 Å². The van der Waals surface area contributed by atoms with Crippen molar-refractivity contribution in [1.29, 1.82) is 5.26 Å². The van der Waals surface area contributed by atoms with E-state index in [4.69, 9.17) is 0 Å². The molecule has 0 bridgehead atoms. The molecule has 2 aliphatic heterocycles. The molecule has 0 radical (unpaired) electrons. The van der Waals surface area contributed by atoms with E-state index in [1.165, 1.54) is 5.01 Å². The third-order valence-corrected chi connectivity index (χ3v) is 5.68. The smallest absolute Gasteiger partial charge is 0.337 e. The van der Waals surface area contributed by atoms with Crippen molar-refractivity contribution < 1.29 is 4.79 Å². The van der Waals surface area contributed by atoms with Gasteiger partial charge in [0.15, 0.2) is 0 Å². The van der Waals surface area contributed by atoms with Crippen molar-refractivity contribution in [1.82, 2.24) is 30.1 Å². The second kappa shape index (κ2) is 8.47. The second-order valence-electron chi connectivity index (χ2n) is 7.60. The van der Waals surface area contributed by atoms with E-state index in [-0.39, 0.29) is 12.1 Å². The standard InChI is InChI=1S/C22H21N9O/c23-15-16-2-1-3-17(14-16)20-6-9-26-31(20)22(32)30-12-10-29(11-13-30)21-24-7-4-18(27-21)19-5-8-25-28-19/h1-5,7-9,14,20H,6,10-13H2,(H,25,28)/t20-/m0/s1. The number of aromatic nitrogens is 4. The number of hydrogen-bond acceptors (Lipinski definition) is 7. The number of carbonyl (C=O) groups excluding carboxylic acids is 1. The number of nitriles is 1. The molecule has 2 amide bonds. The summed E-state index contributed by atoms with van der Waals surface area (Å²) in [6, 6.07) is 12.9. The zero-order valence-electron chi connectivity index (χ0n) is 17.3. The molecule has 0 aliphatic carbocycles. The highest BCUT2D eigenvalue weighted by molar-refractivity contribution is 5.78. The van der Waals surface area contributed by atoms with Crippen LogP contribution in [0.3, 0.4) is 0 Å². The summed E-state index contributed by atoms with van der Waals surface area (Å²) in [5.41, 5.74) is 3.10. The van der Waals surface area contributed by atoms with Crippen LogP contribution in [0.5, 0.6) is 0 Å². The number of rotatable bonds is 3. The molecule has 5 rings (SSSR count). The predicted molar refractivity (Wildman–Crippen MR) is 118 cm³/mol. The van der Waals surface area contributed by atoms with Crippen LogP contribution in [0, 0.1) is 11.3 Å². The molecule has 1 N–H and O–H groups in total. The van der Waals surface area contributed by atoms with Crippen LogP contribution in [0.25, 0.3) is 11.4 Å². The number of nitrogens with zero attached hydrogens (tertiary/aromatic N) is 8. The molecule has 3 aromatic rings. The molecule has 160 valence electrons. The van der Waals surface area contributed by atoms with E-state index in [1.807, 2.05) is 30.3 Å². The van der Waals surface area contributed by atoms with E-state index in [0.29, 0.717) is 44.1 Å². The summed E-state index contributed by atoms with van der Waals surface area (Å²) in [5.74, 6) is 0.634. The van der Waals surface area contributed by atoms with Crippen LogP contribution in [0.15, 0.2) is 53.9 Å². The average Bonchev–Trinajstić information content (AvgIpc) is 3.57. The van der Waals surface area contributed by atoms with Crippen LogP contribution in [0.2, 0.25) is 0 Å². The topological polar surface area (TPSA) is 117 Å². The molecule has 2 aromatic heterocycles. The fourth-order valence-corrected chi connectivity index (χ4v) is 3.98. The Kier molecular flexibility index (Phi) is 5.21. The predicted octanol–water partition coefficient (Wildman–Crippen LogP) is 2.41. The van der Waals surface area contributed by atoms with Gasteiger partial charge in [-0.3, -0.25) is 5.10 Å². The third-order valence-electron chi connectivity index (χ3n) is 5.68. The maximum atomic E-state index is 13.2. The zero-order valence-corrected chi connectivity index (χ0v) is 17.3. The van der Waals surface area contributed by atoms with E-state index in [2.05, 4.69) is 36.2 Å².